The molecule has 0 saturated carbocycles. The first kappa shape index (κ1) is 15.8. The highest BCUT2D eigenvalue weighted by Gasteiger charge is 2.21. The summed E-state index contributed by atoms with van der Waals surface area (Å²) < 4.78 is 15.8. The third-order valence-electron chi connectivity index (χ3n) is 3.22. The van der Waals surface area contributed by atoms with Gasteiger partial charge in [-0.1, -0.05) is 0 Å². The van der Waals surface area contributed by atoms with E-state index in [-0.39, 0.29) is 11.4 Å². The van der Waals surface area contributed by atoms with Crippen molar-refractivity contribution in [3.63, 3.8) is 0 Å². The van der Waals surface area contributed by atoms with E-state index in [1.54, 1.807) is 31.4 Å². The Morgan fingerprint density at radius 3 is 2.83 bits per heavy atom. The number of carbonyl (C=O) groups excluding carboxylic acids is 1. The molecule has 2 aromatic heterocycles. The number of benzene rings is 1. The Morgan fingerprint density at radius 2 is 2.17 bits per heavy atom. The van der Waals surface area contributed by atoms with Crippen LogP contribution in [0.5, 0.6) is 11.5 Å². The minimum Gasteiger partial charge on any atom is -0.493 e. The summed E-state index contributed by atoms with van der Waals surface area (Å²) in [6.45, 7) is 1.79. The number of hydrogen-bond acceptors (Lipinski definition) is 7. The van der Waals surface area contributed by atoms with Gasteiger partial charge in [-0.05, 0) is 31.2 Å². The van der Waals surface area contributed by atoms with E-state index in [2.05, 4.69) is 4.98 Å². The lowest BCUT2D eigenvalue weighted by Gasteiger charge is -2.08. The van der Waals surface area contributed by atoms with Crippen LogP contribution >= 0.6 is 11.3 Å². The molecule has 0 amide bonds. The fourth-order valence-corrected chi connectivity index (χ4v) is 2.93. The standard InChI is InChI=1S/C17H12N2O4S/c1-10-15(19-16(24-10)13-4-3-7-22-13)17(20)23-12-6-5-11(9-18)8-14(12)21-2/h3-8H,1-2H3. The second kappa shape index (κ2) is 6.56. The predicted molar refractivity (Wildman–Crippen MR) is 87.2 cm³/mol. The van der Waals surface area contributed by atoms with E-state index in [0.29, 0.717) is 22.1 Å². The molecule has 0 saturated heterocycles. The maximum absolute atomic E-state index is 12.4. The molecule has 2 heterocycles. The maximum Gasteiger partial charge on any atom is 0.363 e. The summed E-state index contributed by atoms with van der Waals surface area (Å²) in [7, 11) is 1.44. The van der Waals surface area contributed by atoms with Gasteiger partial charge < -0.3 is 13.9 Å². The topological polar surface area (TPSA) is 85.4 Å². The van der Waals surface area contributed by atoms with Crippen LogP contribution in [-0.4, -0.2) is 18.1 Å². The van der Waals surface area contributed by atoms with Crippen molar-refractivity contribution in [2.45, 2.75) is 6.92 Å². The first-order valence-corrected chi connectivity index (χ1v) is 7.75. The van der Waals surface area contributed by atoms with Gasteiger partial charge in [0, 0.05) is 10.9 Å². The molecule has 0 N–H and O–H groups in total. The number of furan rings is 1. The van der Waals surface area contributed by atoms with Crippen molar-refractivity contribution in [2.75, 3.05) is 7.11 Å². The molecule has 6 nitrogen and oxygen atoms in total. The molecular formula is C17H12N2O4S. The zero-order valence-electron chi connectivity index (χ0n) is 12.9. The molecule has 24 heavy (non-hydrogen) atoms. The number of nitriles is 1. The summed E-state index contributed by atoms with van der Waals surface area (Å²) in [5.74, 6) is 0.539. The minimum absolute atomic E-state index is 0.220. The van der Waals surface area contributed by atoms with Gasteiger partial charge in [0.05, 0.1) is 25.0 Å². The van der Waals surface area contributed by atoms with Crippen LogP contribution in [0.3, 0.4) is 0 Å². The predicted octanol–water partition coefficient (Wildman–Crippen LogP) is 3.81. The molecule has 120 valence electrons. The third kappa shape index (κ3) is 3.00. The lowest BCUT2D eigenvalue weighted by molar-refractivity contribution is 0.0724. The summed E-state index contributed by atoms with van der Waals surface area (Å²) >= 11 is 1.35. The van der Waals surface area contributed by atoms with Gasteiger partial charge in [0.25, 0.3) is 0 Å². The zero-order valence-corrected chi connectivity index (χ0v) is 13.7. The highest BCUT2D eigenvalue weighted by atomic mass is 32.1. The molecule has 1 aromatic carbocycles. The van der Waals surface area contributed by atoms with Crippen LogP contribution in [0.25, 0.3) is 10.8 Å². The highest BCUT2D eigenvalue weighted by Crippen LogP contribution is 2.31. The Hall–Kier alpha value is -3.11. The van der Waals surface area contributed by atoms with Crippen molar-refractivity contribution >= 4 is 17.3 Å². The maximum atomic E-state index is 12.4. The van der Waals surface area contributed by atoms with Crippen molar-refractivity contribution in [2.24, 2.45) is 0 Å². The Balaban J connectivity index is 1.87. The molecular weight excluding hydrogens is 328 g/mol. The molecule has 0 radical (unpaired) electrons. The molecule has 0 aliphatic rings. The first-order valence-electron chi connectivity index (χ1n) is 6.94. The Labute approximate surface area is 141 Å². The molecule has 0 aliphatic heterocycles. The number of hydrogen-bond donors (Lipinski definition) is 0. The van der Waals surface area contributed by atoms with E-state index in [0.717, 1.165) is 4.88 Å². The van der Waals surface area contributed by atoms with Gasteiger partial charge in [0.1, 0.15) is 0 Å². The van der Waals surface area contributed by atoms with Gasteiger partial charge in [-0.3, -0.25) is 0 Å². The molecule has 0 atom stereocenters. The van der Waals surface area contributed by atoms with Crippen molar-refractivity contribution in [3.8, 4) is 28.3 Å². The lowest BCUT2D eigenvalue weighted by atomic mass is 10.2. The Bertz CT molecular complexity index is 923. The first-order chi connectivity index (χ1) is 11.6. The van der Waals surface area contributed by atoms with Crippen LogP contribution in [0.2, 0.25) is 0 Å². The van der Waals surface area contributed by atoms with Crippen molar-refractivity contribution in [1.82, 2.24) is 4.98 Å². The monoisotopic (exact) mass is 340 g/mol. The number of thiazole rings is 1. The summed E-state index contributed by atoms with van der Waals surface area (Å²) in [4.78, 5) is 17.4. The van der Waals surface area contributed by atoms with Crippen molar-refractivity contribution in [3.05, 3.63) is 52.7 Å². The SMILES string of the molecule is COc1cc(C#N)ccc1OC(=O)c1nc(-c2ccco2)sc1C. The third-order valence-corrected chi connectivity index (χ3v) is 4.20. The number of rotatable bonds is 4. The van der Waals surface area contributed by atoms with E-state index in [4.69, 9.17) is 19.2 Å². The van der Waals surface area contributed by atoms with Gasteiger partial charge in [0.15, 0.2) is 28.0 Å². The number of nitrogens with zero attached hydrogens (tertiary/aromatic N) is 2. The van der Waals surface area contributed by atoms with Gasteiger partial charge in [-0.2, -0.15) is 5.26 Å². The number of aromatic nitrogens is 1. The van der Waals surface area contributed by atoms with Crippen LogP contribution in [0.1, 0.15) is 20.9 Å². The summed E-state index contributed by atoms with van der Waals surface area (Å²) in [5, 5.41) is 9.51. The fraction of sp³-hybridized carbons (Fsp3) is 0.118. The van der Waals surface area contributed by atoms with E-state index >= 15 is 0 Å². The summed E-state index contributed by atoms with van der Waals surface area (Å²) in [5.41, 5.74) is 0.634. The highest BCUT2D eigenvalue weighted by molar-refractivity contribution is 7.15. The lowest BCUT2D eigenvalue weighted by Crippen LogP contribution is -2.11. The Morgan fingerprint density at radius 1 is 1.33 bits per heavy atom. The Kier molecular flexibility index (Phi) is 4.31. The molecule has 0 fully saturated rings. The number of aryl methyl sites for hydroxylation is 1. The van der Waals surface area contributed by atoms with Crippen LogP contribution in [-0.2, 0) is 0 Å². The smallest absolute Gasteiger partial charge is 0.363 e. The van der Waals surface area contributed by atoms with Crippen LogP contribution in [0, 0.1) is 18.3 Å². The van der Waals surface area contributed by atoms with Crippen LogP contribution < -0.4 is 9.47 Å². The summed E-state index contributed by atoms with van der Waals surface area (Å²) in [6.07, 6.45) is 1.55. The second-order valence-electron chi connectivity index (χ2n) is 4.77. The second-order valence-corrected chi connectivity index (χ2v) is 5.97. The van der Waals surface area contributed by atoms with E-state index in [1.165, 1.54) is 30.6 Å². The molecule has 3 aromatic rings. The number of methoxy groups -OCH3 is 1. The normalized spacial score (nSPS) is 10.2. The van der Waals surface area contributed by atoms with E-state index < -0.39 is 5.97 Å². The van der Waals surface area contributed by atoms with Crippen molar-refractivity contribution < 1.29 is 18.7 Å². The van der Waals surface area contributed by atoms with E-state index in [9.17, 15) is 4.79 Å². The summed E-state index contributed by atoms with van der Waals surface area (Å²) in [6, 6.07) is 10.1. The number of carbonyl (C=O) groups is 1. The minimum atomic E-state index is -0.593. The van der Waals surface area contributed by atoms with Gasteiger partial charge in [-0.15, -0.1) is 11.3 Å². The molecule has 0 bridgehead atoms. The van der Waals surface area contributed by atoms with Gasteiger partial charge >= 0.3 is 5.97 Å². The number of ether oxygens (including phenoxy) is 2. The quantitative estimate of drug-likeness (QED) is 0.530. The molecule has 0 unspecified atom stereocenters. The fourth-order valence-electron chi connectivity index (χ4n) is 2.06. The van der Waals surface area contributed by atoms with Crippen LogP contribution in [0.15, 0.2) is 41.0 Å². The van der Waals surface area contributed by atoms with Gasteiger partial charge in [0.2, 0.25) is 0 Å². The average molecular weight is 340 g/mol. The average Bonchev–Trinajstić information content (AvgIpc) is 3.24. The largest absolute Gasteiger partial charge is 0.493 e. The van der Waals surface area contributed by atoms with Crippen LogP contribution in [0.4, 0.5) is 0 Å². The molecule has 0 spiro atoms. The molecule has 7 heteroatoms. The van der Waals surface area contributed by atoms with E-state index in [1.807, 2.05) is 6.07 Å². The molecule has 0 aliphatic carbocycles. The molecule has 3 rings (SSSR count). The number of esters is 1. The van der Waals surface area contributed by atoms with Crippen molar-refractivity contribution in [1.29, 1.82) is 5.26 Å². The van der Waals surface area contributed by atoms with Gasteiger partial charge in [-0.25, -0.2) is 9.78 Å². The zero-order chi connectivity index (χ0) is 17.1.